The summed E-state index contributed by atoms with van der Waals surface area (Å²) in [6, 6.07) is 4.18. The molecule has 0 aromatic carbocycles. The average Bonchev–Trinajstić information content (AvgIpc) is 2.98. The van der Waals surface area contributed by atoms with Gasteiger partial charge in [-0.25, -0.2) is 0 Å². The number of aromatic nitrogens is 1. The van der Waals surface area contributed by atoms with Crippen LogP contribution >= 0.6 is 35.3 Å². The number of aryl methyl sites for hydroxylation is 1. The summed E-state index contributed by atoms with van der Waals surface area (Å²) in [6.45, 7) is 3.75. The highest BCUT2D eigenvalue weighted by atomic mass is 127. The molecule has 0 aliphatic carbocycles. The van der Waals surface area contributed by atoms with Crippen molar-refractivity contribution in [3.63, 3.8) is 0 Å². The topological polar surface area (TPSA) is 49.3 Å². The first-order chi connectivity index (χ1) is 9.79. The van der Waals surface area contributed by atoms with E-state index in [-0.39, 0.29) is 24.0 Å². The molecule has 0 bridgehead atoms. The Morgan fingerprint density at radius 3 is 2.86 bits per heavy atom. The van der Waals surface area contributed by atoms with E-state index in [1.807, 2.05) is 12.4 Å². The van der Waals surface area contributed by atoms with Crippen molar-refractivity contribution in [2.24, 2.45) is 4.99 Å². The van der Waals surface area contributed by atoms with Crippen LogP contribution in [0.1, 0.15) is 16.7 Å². The van der Waals surface area contributed by atoms with Gasteiger partial charge in [0, 0.05) is 32.5 Å². The van der Waals surface area contributed by atoms with Crippen molar-refractivity contribution < 1.29 is 0 Å². The molecule has 4 nitrogen and oxygen atoms in total. The van der Waals surface area contributed by atoms with Crippen molar-refractivity contribution in [1.82, 2.24) is 15.6 Å². The zero-order valence-electron chi connectivity index (χ0n) is 12.3. The predicted molar refractivity (Wildman–Crippen MR) is 101 cm³/mol. The first-order valence-corrected chi connectivity index (χ1v) is 7.59. The fraction of sp³-hybridized carbons (Fsp3) is 0.333. The van der Waals surface area contributed by atoms with E-state index in [0.29, 0.717) is 0 Å². The SMILES string of the molecule is CN=C(NCCc1ccncc1C)NCc1ccsc1.I. The van der Waals surface area contributed by atoms with E-state index in [9.17, 15) is 0 Å². The molecule has 0 amide bonds. The summed E-state index contributed by atoms with van der Waals surface area (Å²) in [5.74, 6) is 0.836. The highest BCUT2D eigenvalue weighted by Gasteiger charge is 2.00. The molecule has 114 valence electrons. The van der Waals surface area contributed by atoms with Crippen molar-refractivity contribution >= 4 is 41.3 Å². The van der Waals surface area contributed by atoms with Crippen molar-refractivity contribution in [2.75, 3.05) is 13.6 Å². The number of nitrogens with one attached hydrogen (secondary N) is 2. The summed E-state index contributed by atoms with van der Waals surface area (Å²) in [6.07, 6.45) is 4.71. The Morgan fingerprint density at radius 2 is 2.19 bits per heavy atom. The second-order valence-electron chi connectivity index (χ2n) is 4.54. The third kappa shape index (κ3) is 6.01. The molecule has 2 heterocycles. The number of halogens is 1. The maximum Gasteiger partial charge on any atom is 0.191 e. The molecular formula is C15H21IN4S. The Kier molecular flexibility index (Phi) is 8.29. The van der Waals surface area contributed by atoms with Crippen molar-refractivity contribution in [3.8, 4) is 0 Å². The monoisotopic (exact) mass is 416 g/mol. The van der Waals surface area contributed by atoms with Crippen LogP contribution in [0.2, 0.25) is 0 Å². The molecule has 0 saturated heterocycles. The van der Waals surface area contributed by atoms with E-state index < -0.39 is 0 Å². The smallest absolute Gasteiger partial charge is 0.191 e. The van der Waals surface area contributed by atoms with Gasteiger partial charge in [-0.2, -0.15) is 11.3 Å². The lowest BCUT2D eigenvalue weighted by atomic mass is 10.1. The van der Waals surface area contributed by atoms with E-state index in [1.54, 1.807) is 18.4 Å². The van der Waals surface area contributed by atoms with Gasteiger partial charge in [-0.1, -0.05) is 0 Å². The fourth-order valence-corrected chi connectivity index (χ4v) is 2.57. The summed E-state index contributed by atoms with van der Waals surface area (Å²) >= 11 is 1.71. The Hall–Kier alpha value is -1.15. The summed E-state index contributed by atoms with van der Waals surface area (Å²) in [7, 11) is 1.79. The Labute approximate surface area is 147 Å². The molecule has 0 atom stereocenters. The van der Waals surface area contributed by atoms with Gasteiger partial charge in [0.25, 0.3) is 0 Å². The summed E-state index contributed by atoms with van der Waals surface area (Å²) < 4.78 is 0. The van der Waals surface area contributed by atoms with Crippen LogP contribution in [0.4, 0.5) is 0 Å². The minimum absolute atomic E-state index is 0. The van der Waals surface area contributed by atoms with E-state index in [4.69, 9.17) is 0 Å². The zero-order valence-corrected chi connectivity index (χ0v) is 15.4. The highest BCUT2D eigenvalue weighted by molar-refractivity contribution is 14.0. The van der Waals surface area contributed by atoms with Gasteiger partial charge in [-0.05, 0) is 52.9 Å². The van der Waals surface area contributed by atoms with Crippen LogP contribution in [0.25, 0.3) is 0 Å². The van der Waals surface area contributed by atoms with Gasteiger partial charge in [-0.3, -0.25) is 9.98 Å². The van der Waals surface area contributed by atoms with Crippen LogP contribution < -0.4 is 10.6 Å². The van der Waals surface area contributed by atoms with Crippen LogP contribution in [-0.4, -0.2) is 24.5 Å². The molecular weight excluding hydrogens is 395 g/mol. The minimum atomic E-state index is 0. The quantitative estimate of drug-likeness (QED) is 0.448. The predicted octanol–water partition coefficient (Wildman–Crippen LogP) is 2.98. The molecule has 21 heavy (non-hydrogen) atoms. The molecule has 0 saturated carbocycles. The lowest BCUT2D eigenvalue weighted by molar-refractivity contribution is 0.793. The van der Waals surface area contributed by atoms with Gasteiger partial charge in [0.05, 0.1) is 0 Å². The van der Waals surface area contributed by atoms with Crippen molar-refractivity contribution in [1.29, 1.82) is 0 Å². The molecule has 0 radical (unpaired) electrons. The molecule has 2 N–H and O–H groups in total. The number of guanidine groups is 1. The molecule has 2 aromatic rings. The van der Waals surface area contributed by atoms with Gasteiger partial charge < -0.3 is 10.6 Å². The van der Waals surface area contributed by atoms with Gasteiger partial charge >= 0.3 is 0 Å². The molecule has 6 heteroatoms. The van der Waals surface area contributed by atoms with Crippen LogP contribution in [0.3, 0.4) is 0 Å². The summed E-state index contributed by atoms with van der Waals surface area (Å²) in [5, 5.41) is 10.9. The van der Waals surface area contributed by atoms with E-state index in [2.05, 4.69) is 50.4 Å². The molecule has 2 aromatic heterocycles. The maximum atomic E-state index is 4.23. The maximum absolute atomic E-state index is 4.23. The molecule has 0 aliphatic heterocycles. The highest BCUT2D eigenvalue weighted by Crippen LogP contribution is 2.05. The molecule has 0 fully saturated rings. The van der Waals surface area contributed by atoms with Gasteiger partial charge in [0.2, 0.25) is 0 Å². The van der Waals surface area contributed by atoms with E-state index in [1.165, 1.54) is 16.7 Å². The first kappa shape index (κ1) is 17.9. The van der Waals surface area contributed by atoms with Gasteiger partial charge in [0.15, 0.2) is 5.96 Å². The third-order valence-corrected chi connectivity index (χ3v) is 3.82. The largest absolute Gasteiger partial charge is 0.356 e. The minimum Gasteiger partial charge on any atom is -0.356 e. The Bertz CT molecular complexity index is 555. The number of hydrogen-bond acceptors (Lipinski definition) is 3. The van der Waals surface area contributed by atoms with Gasteiger partial charge in [0.1, 0.15) is 0 Å². The summed E-state index contributed by atoms with van der Waals surface area (Å²) in [5.41, 5.74) is 3.83. The van der Waals surface area contributed by atoms with E-state index in [0.717, 1.165) is 25.5 Å². The average molecular weight is 416 g/mol. The number of aliphatic imine (C=N–C) groups is 1. The number of thiophene rings is 1. The van der Waals surface area contributed by atoms with Gasteiger partial charge in [-0.15, -0.1) is 24.0 Å². The number of hydrogen-bond donors (Lipinski definition) is 2. The lowest BCUT2D eigenvalue weighted by Gasteiger charge is -2.12. The molecule has 2 rings (SSSR count). The summed E-state index contributed by atoms with van der Waals surface area (Å²) in [4.78, 5) is 8.33. The fourth-order valence-electron chi connectivity index (χ4n) is 1.90. The third-order valence-electron chi connectivity index (χ3n) is 3.09. The number of rotatable bonds is 5. The second kappa shape index (κ2) is 9.73. The van der Waals surface area contributed by atoms with Crippen molar-refractivity contribution in [3.05, 3.63) is 52.0 Å². The Morgan fingerprint density at radius 1 is 1.33 bits per heavy atom. The van der Waals surface area contributed by atoms with Crippen LogP contribution in [0.5, 0.6) is 0 Å². The normalized spacial score (nSPS) is 10.9. The van der Waals surface area contributed by atoms with E-state index >= 15 is 0 Å². The van der Waals surface area contributed by atoms with Crippen LogP contribution in [-0.2, 0) is 13.0 Å². The lowest BCUT2D eigenvalue weighted by Crippen LogP contribution is -2.37. The van der Waals surface area contributed by atoms with Crippen LogP contribution in [0.15, 0.2) is 40.3 Å². The standard InChI is InChI=1S/C15H20N4S.HI/c1-12-9-17-6-3-14(12)4-7-18-15(16-2)19-10-13-5-8-20-11-13;/h3,5-6,8-9,11H,4,7,10H2,1-2H3,(H2,16,18,19);1H. The molecule has 0 unspecified atom stereocenters. The zero-order chi connectivity index (χ0) is 14.2. The van der Waals surface area contributed by atoms with Crippen LogP contribution in [0, 0.1) is 6.92 Å². The number of nitrogens with zero attached hydrogens (tertiary/aromatic N) is 2. The Balaban J connectivity index is 0.00000220. The first-order valence-electron chi connectivity index (χ1n) is 6.64. The molecule has 0 aliphatic rings. The second-order valence-corrected chi connectivity index (χ2v) is 5.32. The van der Waals surface area contributed by atoms with Crippen molar-refractivity contribution in [2.45, 2.75) is 19.9 Å². The molecule has 0 spiro atoms. The number of pyridine rings is 1.